The number of aliphatic hydroxyl groups is 1. The fraction of sp³-hybridized carbons (Fsp3) is 0.533. The molecule has 1 aromatic carbocycles. The summed E-state index contributed by atoms with van der Waals surface area (Å²) in [7, 11) is 0. The minimum atomic E-state index is -0.959. The molecule has 0 aliphatic heterocycles. The molecule has 0 saturated heterocycles. The Kier molecular flexibility index (Phi) is 5.38. The molecule has 5 nitrogen and oxygen atoms in total. The zero-order valence-corrected chi connectivity index (χ0v) is 11.4. The van der Waals surface area contributed by atoms with E-state index in [9.17, 15) is 9.90 Å². The van der Waals surface area contributed by atoms with Gasteiger partial charge in [0.15, 0.2) is 0 Å². The van der Waals surface area contributed by atoms with E-state index in [0.29, 0.717) is 18.9 Å². The van der Waals surface area contributed by atoms with Crippen molar-refractivity contribution >= 4 is 5.97 Å². The van der Waals surface area contributed by atoms with Crippen LogP contribution in [0.25, 0.3) is 0 Å². The molecule has 1 fully saturated rings. The maximum Gasteiger partial charge on any atom is 0.335 e. The fourth-order valence-corrected chi connectivity index (χ4v) is 2.48. The van der Waals surface area contributed by atoms with Gasteiger partial charge in [-0.05, 0) is 31.0 Å². The lowest BCUT2D eigenvalue weighted by molar-refractivity contribution is 0.0696. The van der Waals surface area contributed by atoms with Crippen molar-refractivity contribution in [3.8, 4) is 5.75 Å². The van der Waals surface area contributed by atoms with Gasteiger partial charge in [-0.3, -0.25) is 0 Å². The molecule has 0 amide bonds. The summed E-state index contributed by atoms with van der Waals surface area (Å²) in [6, 6.07) is 6.60. The second-order valence-corrected chi connectivity index (χ2v) is 5.09. The molecule has 110 valence electrons. The van der Waals surface area contributed by atoms with Crippen molar-refractivity contribution in [1.82, 2.24) is 5.32 Å². The van der Waals surface area contributed by atoms with Crippen molar-refractivity contribution in [3.05, 3.63) is 29.8 Å². The second-order valence-electron chi connectivity index (χ2n) is 5.09. The predicted octanol–water partition coefficient (Wildman–Crippen LogP) is 1.66. The minimum Gasteiger partial charge on any atom is -0.492 e. The van der Waals surface area contributed by atoms with Gasteiger partial charge in [-0.25, -0.2) is 4.79 Å². The van der Waals surface area contributed by atoms with Gasteiger partial charge in [-0.15, -0.1) is 0 Å². The number of carboxylic acid groups (broad SMARTS) is 1. The first-order valence-corrected chi connectivity index (χ1v) is 7.04. The van der Waals surface area contributed by atoms with E-state index in [0.717, 1.165) is 25.7 Å². The van der Waals surface area contributed by atoms with Crippen molar-refractivity contribution in [3.63, 3.8) is 0 Å². The third kappa shape index (κ3) is 4.21. The number of hydrogen-bond donors (Lipinski definition) is 3. The first kappa shape index (κ1) is 14.8. The van der Waals surface area contributed by atoms with E-state index in [1.807, 2.05) is 0 Å². The summed E-state index contributed by atoms with van der Waals surface area (Å²) in [6.45, 7) is 1.09. The van der Waals surface area contributed by atoms with Crippen LogP contribution in [0.1, 0.15) is 36.0 Å². The molecule has 3 N–H and O–H groups in total. The molecular formula is C15H21NO4. The number of carbonyl (C=O) groups is 1. The zero-order chi connectivity index (χ0) is 14.4. The van der Waals surface area contributed by atoms with E-state index in [1.165, 1.54) is 12.1 Å². The highest BCUT2D eigenvalue weighted by atomic mass is 16.5. The molecule has 1 saturated carbocycles. The van der Waals surface area contributed by atoms with E-state index in [1.54, 1.807) is 12.1 Å². The van der Waals surface area contributed by atoms with Crippen LogP contribution in [0, 0.1) is 0 Å². The molecule has 0 heterocycles. The van der Waals surface area contributed by atoms with Crippen LogP contribution in [0.3, 0.4) is 0 Å². The molecule has 5 heteroatoms. The predicted molar refractivity (Wildman–Crippen MR) is 75.2 cm³/mol. The molecule has 0 spiro atoms. The Balaban J connectivity index is 1.73. The Bertz CT molecular complexity index is 449. The molecule has 0 aromatic heterocycles. The molecule has 0 bridgehead atoms. The van der Waals surface area contributed by atoms with Gasteiger partial charge in [-0.2, -0.15) is 0 Å². The summed E-state index contributed by atoms with van der Waals surface area (Å²) >= 11 is 0. The fourth-order valence-electron chi connectivity index (χ4n) is 2.48. The van der Waals surface area contributed by atoms with E-state index in [-0.39, 0.29) is 17.7 Å². The van der Waals surface area contributed by atoms with Gasteiger partial charge >= 0.3 is 5.97 Å². The normalized spacial score (nSPS) is 22.4. The molecule has 2 atom stereocenters. The number of aromatic carboxylic acids is 1. The van der Waals surface area contributed by atoms with Crippen LogP contribution >= 0.6 is 0 Å². The second kappa shape index (κ2) is 7.26. The van der Waals surface area contributed by atoms with E-state index < -0.39 is 5.97 Å². The van der Waals surface area contributed by atoms with Gasteiger partial charge in [0.1, 0.15) is 12.4 Å². The highest BCUT2D eigenvalue weighted by molar-refractivity contribution is 5.87. The van der Waals surface area contributed by atoms with Gasteiger partial charge in [0.2, 0.25) is 0 Å². The summed E-state index contributed by atoms with van der Waals surface area (Å²) in [6.07, 6.45) is 3.84. The molecule has 1 aliphatic carbocycles. The summed E-state index contributed by atoms with van der Waals surface area (Å²) in [5.74, 6) is -0.408. The number of aliphatic hydroxyl groups excluding tert-OH is 1. The smallest absolute Gasteiger partial charge is 0.335 e. The highest BCUT2D eigenvalue weighted by Crippen LogP contribution is 2.18. The van der Waals surface area contributed by atoms with Gasteiger partial charge in [0.25, 0.3) is 0 Å². The first-order valence-electron chi connectivity index (χ1n) is 7.04. The Labute approximate surface area is 118 Å². The molecular weight excluding hydrogens is 258 g/mol. The third-order valence-electron chi connectivity index (χ3n) is 3.59. The van der Waals surface area contributed by atoms with Crippen molar-refractivity contribution < 1.29 is 19.7 Å². The Morgan fingerprint density at radius 2 is 2.15 bits per heavy atom. The van der Waals surface area contributed by atoms with Gasteiger partial charge in [0, 0.05) is 12.6 Å². The maximum atomic E-state index is 10.8. The number of hydrogen-bond acceptors (Lipinski definition) is 4. The lowest BCUT2D eigenvalue weighted by Crippen LogP contribution is -2.43. The SMILES string of the molecule is O=C(O)c1cccc(OCCNC2CCCCC2O)c1. The summed E-state index contributed by atoms with van der Waals surface area (Å²) in [5, 5.41) is 22.0. The average molecular weight is 279 g/mol. The first-order chi connectivity index (χ1) is 9.66. The van der Waals surface area contributed by atoms with E-state index >= 15 is 0 Å². The standard InChI is InChI=1S/C15H21NO4/c17-14-7-2-1-6-13(14)16-8-9-20-12-5-3-4-11(10-12)15(18)19/h3-5,10,13-14,16-17H,1-2,6-9H2,(H,18,19). The van der Waals surface area contributed by atoms with E-state index in [4.69, 9.17) is 9.84 Å². The van der Waals surface area contributed by atoms with Gasteiger partial charge in [0.05, 0.1) is 11.7 Å². The molecule has 1 aliphatic rings. The lowest BCUT2D eigenvalue weighted by Gasteiger charge is -2.28. The molecule has 1 aromatic rings. The van der Waals surface area contributed by atoms with Crippen molar-refractivity contribution in [2.45, 2.75) is 37.8 Å². The topological polar surface area (TPSA) is 78.8 Å². The summed E-state index contributed by atoms with van der Waals surface area (Å²) < 4.78 is 5.52. The van der Waals surface area contributed by atoms with Crippen LogP contribution in [0.2, 0.25) is 0 Å². The van der Waals surface area contributed by atoms with Crippen molar-refractivity contribution in [2.75, 3.05) is 13.2 Å². The average Bonchev–Trinajstić information content (AvgIpc) is 2.45. The molecule has 0 radical (unpaired) electrons. The van der Waals surface area contributed by atoms with Crippen LogP contribution < -0.4 is 10.1 Å². The van der Waals surface area contributed by atoms with Crippen LogP contribution in [-0.2, 0) is 0 Å². The Morgan fingerprint density at radius 1 is 1.35 bits per heavy atom. The Morgan fingerprint density at radius 3 is 2.90 bits per heavy atom. The van der Waals surface area contributed by atoms with E-state index in [2.05, 4.69) is 5.32 Å². The quantitative estimate of drug-likeness (QED) is 0.690. The Hall–Kier alpha value is -1.59. The zero-order valence-electron chi connectivity index (χ0n) is 11.4. The number of rotatable bonds is 6. The minimum absolute atomic E-state index is 0.151. The van der Waals surface area contributed by atoms with Crippen molar-refractivity contribution in [1.29, 1.82) is 0 Å². The number of carboxylic acids is 1. The number of nitrogens with one attached hydrogen (secondary N) is 1. The summed E-state index contributed by atoms with van der Waals surface area (Å²) in [5.41, 5.74) is 0.221. The highest BCUT2D eigenvalue weighted by Gasteiger charge is 2.21. The molecule has 2 rings (SSSR count). The van der Waals surface area contributed by atoms with Gasteiger partial charge in [-0.1, -0.05) is 18.9 Å². The van der Waals surface area contributed by atoms with Crippen LogP contribution in [-0.4, -0.2) is 41.5 Å². The largest absolute Gasteiger partial charge is 0.492 e. The lowest BCUT2D eigenvalue weighted by atomic mass is 9.93. The van der Waals surface area contributed by atoms with Crippen molar-refractivity contribution in [2.24, 2.45) is 0 Å². The number of benzene rings is 1. The molecule has 2 unspecified atom stereocenters. The number of ether oxygens (including phenoxy) is 1. The third-order valence-corrected chi connectivity index (χ3v) is 3.59. The van der Waals surface area contributed by atoms with Crippen LogP contribution in [0.5, 0.6) is 5.75 Å². The monoisotopic (exact) mass is 279 g/mol. The maximum absolute atomic E-state index is 10.8. The van der Waals surface area contributed by atoms with Gasteiger partial charge < -0.3 is 20.3 Å². The molecule has 20 heavy (non-hydrogen) atoms. The van der Waals surface area contributed by atoms with Crippen LogP contribution in [0.4, 0.5) is 0 Å². The van der Waals surface area contributed by atoms with Crippen LogP contribution in [0.15, 0.2) is 24.3 Å². The summed E-state index contributed by atoms with van der Waals surface area (Å²) in [4.78, 5) is 10.8.